The molecule has 0 radical (unpaired) electrons. The predicted octanol–water partition coefficient (Wildman–Crippen LogP) is 3.03. The van der Waals surface area contributed by atoms with Crippen molar-refractivity contribution in [2.24, 2.45) is 5.73 Å². The SMILES string of the molecule is NC(=S)CCCOc1ccc(F)c(Br)c1. The molecule has 15 heavy (non-hydrogen) atoms. The van der Waals surface area contributed by atoms with Crippen molar-refractivity contribution in [2.75, 3.05) is 6.61 Å². The summed E-state index contributed by atoms with van der Waals surface area (Å²) in [5, 5.41) is 0. The maximum Gasteiger partial charge on any atom is 0.137 e. The number of hydrogen-bond donors (Lipinski definition) is 1. The van der Waals surface area contributed by atoms with Gasteiger partial charge in [0.25, 0.3) is 0 Å². The molecule has 0 atom stereocenters. The molecule has 1 aromatic rings. The molecule has 2 N–H and O–H groups in total. The highest BCUT2D eigenvalue weighted by molar-refractivity contribution is 9.10. The second-order valence-electron chi connectivity index (χ2n) is 2.99. The Bertz CT molecular complexity index is 359. The molecule has 5 heteroatoms. The maximum absolute atomic E-state index is 12.9. The molecule has 1 rings (SSSR count). The van der Waals surface area contributed by atoms with Crippen molar-refractivity contribution in [3.63, 3.8) is 0 Å². The molecule has 0 spiro atoms. The van der Waals surface area contributed by atoms with Gasteiger partial charge < -0.3 is 10.5 Å². The number of halogens is 2. The fraction of sp³-hybridized carbons (Fsp3) is 0.300. The molecule has 2 nitrogen and oxygen atoms in total. The minimum Gasteiger partial charge on any atom is -0.494 e. The average Bonchev–Trinajstić information content (AvgIpc) is 2.18. The Hall–Kier alpha value is -0.680. The van der Waals surface area contributed by atoms with Crippen LogP contribution < -0.4 is 10.5 Å². The minimum absolute atomic E-state index is 0.300. The van der Waals surface area contributed by atoms with E-state index >= 15 is 0 Å². The maximum atomic E-state index is 12.9. The molecule has 0 aliphatic carbocycles. The first-order valence-corrected chi connectivity index (χ1v) is 5.66. The highest BCUT2D eigenvalue weighted by Crippen LogP contribution is 2.21. The summed E-state index contributed by atoms with van der Waals surface area (Å²) in [5.74, 6) is 0.330. The molecular weight excluding hydrogens is 281 g/mol. The normalized spacial score (nSPS) is 10.0. The van der Waals surface area contributed by atoms with Crippen LogP contribution in [0.2, 0.25) is 0 Å². The van der Waals surface area contributed by atoms with Crippen molar-refractivity contribution in [1.82, 2.24) is 0 Å². The lowest BCUT2D eigenvalue weighted by molar-refractivity contribution is 0.313. The monoisotopic (exact) mass is 291 g/mol. The third-order valence-corrected chi connectivity index (χ3v) is 2.54. The molecule has 0 amide bonds. The van der Waals surface area contributed by atoms with Gasteiger partial charge in [0.05, 0.1) is 16.1 Å². The van der Waals surface area contributed by atoms with E-state index in [4.69, 9.17) is 22.7 Å². The molecule has 0 saturated heterocycles. The van der Waals surface area contributed by atoms with Gasteiger partial charge in [0.2, 0.25) is 0 Å². The van der Waals surface area contributed by atoms with Crippen LogP contribution in [0.4, 0.5) is 4.39 Å². The first-order valence-electron chi connectivity index (χ1n) is 4.46. The molecule has 0 aliphatic rings. The highest BCUT2D eigenvalue weighted by Gasteiger charge is 2.00. The van der Waals surface area contributed by atoms with Crippen LogP contribution in [0.1, 0.15) is 12.8 Å². The van der Waals surface area contributed by atoms with Gasteiger partial charge in [0.15, 0.2) is 0 Å². The van der Waals surface area contributed by atoms with E-state index in [1.807, 2.05) is 0 Å². The van der Waals surface area contributed by atoms with Gasteiger partial charge in [-0.3, -0.25) is 0 Å². The standard InChI is InChI=1S/C10H11BrFNOS/c11-8-6-7(3-4-9(8)12)14-5-1-2-10(13)15/h3-4,6H,1-2,5H2,(H2,13,15). The van der Waals surface area contributed by atoms with Gasteiger partial charge in [-0.1, -0.05) is 12.2 Å². The van der Waals surface area contributed by atoms with E-state index in [0.717, 1.165) is 6.42 Å². The van der Waals surface area contributed by atoms with E-state index in [1.54, 1.807) is 12.1 Å². The van der Waals surface area contributed by atoms with Gasteiger partial charge in [-0.15, -0.1) is 0 Å². The van der Waals surface area contributed by atoms with Crippen LogP contribution in [0.15, 0.2) is 22.7 Å². The lowest BCUT2D eigenvalue weighted by Crippen LogP contribution is -2.09. The molecule has 1 aromatic carbocycles. The number of nitrogens with two attached hydrogens (primary N) is 1. The third-order valence-electron chi connectivity index (χ3n) is 1.73. The van der Waals surface area contributed by atoms with Crippen molar-refractivity contribution in [3.05, 3.63) is 28.5 Å². The van der Waals surface area contributed by atoms with Crippen LogP contribution >= 0.6 is 28.1 Å². The van der Waals surface area contributed by atoms with Crippen molar-refractivity contribution in [2.45, 2.75) is 12.8 Å². The van der Waals surface area contributed by atoms with Crippen molar-refractivity contribution >= 4 is 33.1 Å². The van der Waals surface area contributed by atoms with E-state index in [-0.39, 0.29) is 5.82 Å². The lowest BCUT2D eigenvalue weighted by atomic mass is 10.3. The Labute approximate surface area is 102 Å². The fourth-order valence-corrected chi connectivity index (χ4v) is 1.51. The Balaban J connectivity index is 2.38. The zero-order chi connectivity index (χ0) is 11.3. The average molecular weight is 292 g/mol. The number of ether oxygens (including phenoxy) is 1. The third kappa shape index (κ3) is 4.57. The summed E-state index contributed by atoms with van der Waals surface area (Å²) in [6.45, 7) is 0.523. The molecule has 0 heterocycles. The van der Waals surface area contributed by atoms with E-state index in [2.05, 4.69) is 15.9 Å². The molecule has 0 saturated carbocycles. The number of benzene rings is 1. The highest BCUT2D eigenvalue weighted by atomic mass is 79.9. The summed E-state index contributed by atoms with van der Waals surface area (Å²) in [6, 6.07) is 4.53. The van der Waals surface area contributed by atoms with E-state index in [0.29, 0.717) is 28.2 Å². The van der Waals surface area contributed by atoms with Crippen LogP contribution in [0.25, 0.3) is 0 Å². The first kappa shape index (κ1) is 12.4. The Kier molecular flexibility index (Phi) is 4.98. The van der Waals surface area contributed by atoms with Crippen LogP contribution in [-0.4, -0.2) is 11.6 Å². The van der Waals surface area contributed by atoms with E-state index < -0.39 is 0 Å². The first-order chi connectivity index (χ1) is 7.09. The summed E-state index contributed by atoms with van der Waals surface area (Å²) in [5.41, 5.74) is 5.33. The molecule has 0 unspecified atom stereocenters. The van der Waals surface area contributed by atoms with Gasteiger partial charge in [-0.05, 0) is 40.5 Å². The van der Waals surface area contributed by atoms with Crippen LogP contribution in [-0.2, 0) is 0 Å². The second kappa shape index (κ2) is 6.02. The van der Waals surface area contributed by atoms with Gasteiger partial charge in [0.1, 0.15) is 11.6 Å². The van der Waals surface area contributed by atoms with Crippen LogP contribution in [0, 0.1) is 5.82 Å². The molecule has 0 fully saturated rings. The Morgan fingerprint density at radius 2 is 2.27 bits per heavy atom. The van der Waals surface area contributed by atoms with Gasteiger partial charge in [-0.2, -0.15) is 0 Å². The lowest BCUT2D eigenvalue weighted by Gasteiger charge is -2.06. The predicted molar refractivity (Wildman–Crippen MR) is 65.6 cm³/mol. The quantitative estimate of drug-likeness (QED) is 0.669. The molecule has 82 valence electrons. The van der Waals surface area contributed by atoms with Gasteiger partial charge >= 0.3 is 0 Å². The van der Waals surface area contributed by atoms with Crippen molar-refractivity contribution in [1.29, 1.82) is 0 Å². The summed E-state index contributed by atoms with van der Waals surface area (Å²) >= 11 is 7.81. The topological polar surface area (TPSA) is 35.2 Å². The minimum atomic E-state index is -0.300. The smallest absolute Gasteiger partial charge is 0.137 e. The molecule has 0 aromatic heterocycles. The van der Waals surface area contributed by atoms with E-state index in [9.17, 15) is 4.39 Å². The number of rotatable bonds is 5. The van der Waals surface area contributed by atoms with Crippen molar-refractivity contribution in [3.8, 4) is 5.75 Å². The molecular formula is C10H11BrFNOS. The zero-order valence-electron chi connectivity index (χ0n) is 8.00. The molecule has 0 bridgehead atoms. The molecule has 0 aliphatic heterocycles. The van der Waals surface area contributed by atoms with Crippen molar-refractivity contribution < 1.29 is 9.13 Å². The summed E-state index contributed by atoms with van der Waals surface area (Å²) in [4.78, 5) is 0.485. The summed E-state index contributed by atoms with van der Waals surface area (Å²) in [6.07, 6.45) is 1.43. The van der Waals surface area contributed by atoms with Crippen LogP contribution in [0.5, 0.6) is 5.75 Å². The van der Waals surface area contributed by atoms with Crippen LogP contribution in [0.3, 0.4) is 0 Å². The Morgan fingerprint density at radius 1 is 1.53 bits per heavy atom. The summed E-state index contributed by atoms with van der Waals surface area (Å²) in [7, 11) is 0. The van der Waals surface area contributed by atoms with Gasteiger partial charge in [0, 0.05) is 6.42 Å². The zero-order valence-corrected chi connectivity index (χ0v) is 10.4. The van der Waals surface area contributed by atoms with E-state index in [1.165, 1.54) is 6.07 Å². The summed E-state index contributed by atoms with van der Waals surface area (Å²) < 4.78 is 18.6. The fourth-order valence-electron chi connectivity index (χ4n) is 1.00. The second-order valence-corrected chi connectivity index (χ2v) is 4.37. The number of thiocarbonyl (C=S) groups is 1. The van der Waals surface area contributed by atoms with Gasteiger partial charge in [-0.25, -0.2) is 4.39 Å². The number of hydrogen-bond acceptors (Lipinski definition) is 2. The Morgan fingerprint density at radius 3 is 2.87 bits per heavy atom. The largest absolute Gasteiger partial charge is 0.494 e.